The van der Waals surface area contributed by atoms with Crippen LogP contribution in [0.4, 0.5) is 0 Å². The van der Waals surface area contributed by atoms with Crippen LogP contribution in [0, 0.1) is 21.3 Å². The number of esters is 1. The topological polar surface area (TPSA) is 235 Å². The van der Waals surface area contributed by atoms with Crippen LogP contribution < -0.4 is 16.0 Å². The Labute approximate surface area is 450 Å². The summed E-state index contributed by atoms with van der Waals surface area (Å²) in [4.78, 5) is 136. The van der Waals surface area contributed by atoms with Crippen molar-refractivity contribution in [2.24, 2.45) is 17.8 Å². The first-order valence-corrected chi connectivity index (χ1v) is 26.7. The molecule has 9 atom stereocenters. The minimum absolute atomic E-state index is 0.00258. The van der Waals surface area contributed by atoms with Gasteiger partial charge in [0.25, 0.3) is 5.91 Å². The molecule has 4 rings (SSSR count). The summed E-state index contributed by atoms with van der Waals surface area (Å²) < 4.78 is 6.81. The van der Waals surface area contributed by atoms with Gasteiger partial charge < -0.3 is 50.3 Å². The van der Waals surface area contributed by atoms with E-state index in [0.29, 0.717) is 24.8 Å². The first kappa shape index (κ1) is 60.9. The molecule has 0 saturated carbocycles. The van der Waals surface area contributed by atoms with Gasteiger partial charge in [-0.25, -0.2) is 4.79 Å². The van der Waals surface area contributed by atoms with E-state index in [9.17, 15) is 43.5 Å². The Morgan fingerprint density at radius 1 is 0.689 bits per heavy atom. The van der Waals surface area contributed by atoms with Crippen molar-refractivity contribution in [2.45, 2.75) is 148 Å². The molecular weight excluding hydrogens is 1060 g/mol. The van der Waals surface area contributed by atoms with Gasteiger partial charge in [0.1, 0.15) is 30.2 Å². The van der Waals surface area contributed by atoms with Gasteiger partial charge in [-0.1, -0.05) is 90.4 Å². The second kappa shape index (κ2) is 27.2. The predicted molar refractivity (Wildman–Crippen MR) is 286 cm³/mol. The summed E-state index contributed by atoms with van der Waals surface area (Å²) in [5.41, 5.74) is -0.518. The zero-order valence-corrected chi connectivity index (χ0v) is 47.3. The lowest BCUT2D eigenvalue weighted by Crippen LogP contribution is -2.61. The number of benzene rings is 2. The van der Waals surface area contributed by atoms with E-state index >= 15 is 4.79 Å². The summed E-state index contributed by atoms with van der Waals surface area (Å²) in [5.74, 6) is -7.60. The summed E-state index contributed by atoms with van der Waals surface area (Å²) in [7, 11) is 5.51. The Morgan fingerprint density at radius 2 is 1.26 bits per heavy atom. The minimum atomic E-state index is -1.95. The van der Waals surface area contributed by atoms with Gasteiger partial charge in [-0.15, -0.1) is 0 Å². The maximum absolute atomic E-state index is 15.1. The van der Waals surface area contributed by atoms with Crippen molar-refractivity contribution in [3.8, 4) is 0 Å². The van der Waals surface area contributed by atoms with E-state index in [1.807, 2.05) is 51.1 Å². The lowest BCUT2D eigenvalue weighted by atomic mass is 9.95. The van der Waals surface area contributed by atoms with Crippen molar-refractivity contribution in [1.29, 1.82) is 0 Å². The number of hydrogen-bond acceptors (Lipinski definition) is 11. The van der Waals surface area contributed by atoms with Crippen LogP contribution in [0.3, 0.4) is 0 Å². The molecule has 2 heterocycles. The molecule has 20 heteroatoms. The first-order valence-electron chi connectivity index (χ1n) is 25.6. The van der Waals surface area contributed by atoms with Crippen LogP contribution in [0.15, 0.2) is 54.6 Å². The quantitative estimate of drug-likeness (QED) is 0.189. The van der Waals surface area contributed by atoms with Crippen LogP contribution in [0.5, 0.6) is 0 Å². The van der Waals surface area contributed by atoms with Crippen LogP contribution in [-0.2, 0) is 60.7 Å². The molecule has 2 aromatic rings. The third-order valence-corrected chi connectivity index (χ3v) is 14.7. The van der Waals surface area contributed by atoms with Crippen LogP contribution in [0.2, 0.25) is 0 Å². The number of likely N-dealkylation sites (N-methyl/N-ethyl adjacent to an activating group) is 4. The smallest absolute Gasteiger partial charge is 0.332 e. The Hall–Kier alpha value is -5.64. The van der Waals surface area contributed by atoms with Crippen molar-refractivity contribution in [3.63, 3.8) is 0 Å². The second-order valence-electron chi connectivity index (χ2n) is 21.1. The van der Waals surface area contributed by atoms with Crippen molar-refractivity contribution in [3.05, 3.63) is 69.3 Å². The summed E-state index contributed by atoms with van der Waals surface area (Å²) in [5, 5.41) is 19.9. The number of carbonyl (C=O) groups is 9. The maximum Gasteiger partial charge on any atom is 0.332 e. The highest BCUT2D eigenvalue weighted by molar-refractivity contribution is 14.1. The lowest BCUT2D eigenvalue weighted by Gasteiger charge is -2.38. The van der Waals surface area contributed by atoms with Gasteiger partial charge in [-0.2, -0.15) is 0 Å². The molecule has 2 saturated heterocycles. The number of rotatable bonds is 11. The summed E-state index contributed by atoms with van der Waals surface area (Å²) in [6.45, 7) is 12.4. The highest BCUT2D eigenvalue weighted by Crippen LogP contribution is 2.26. The Kier molecular flexibility index (Phi) is 22.4. The monoisotopic (exact) mass is 1140 g/mol. The number of ether oxygens (including phenoxy) is 1. The molecule has 2 aliphatic heterocycles. The molecule has 4 N–H and O–H groups in total. The number of carbonyl (C=O) groups excluding carboxylic acids is 9. The van der Waals surface area contributed by atoms with Crippen LogP contribution in [0.25, 0.3) is 0 Å². The van der Waals surface area contributed by atoms with Crippen molar-refractivity contribution < 1.29 is 53.0 Å². The molecular formula is C54H79IN8O11. The van der Waals surface area contributed by atoms with E-state index in [1.54, 1.807) is 45.0 Å². The molecule has 0 spiro atoms. The third kappa shape index (κ3) is 16.2. The fourth-order valence-corrected chi connectivity index (χ4v) is 10.1. The normalized spacial score (nSPS) is 25.3. The number of nitrogens with one attached hydrogen (secondary N) is 3. The Morgan fingerprint density at radius 3 is 1.82 bits per heavy atom. The summed E-state index contributed by atoms with van der Waals surface area (Å²) >= 11 is 2.16. The van der Waals surface area contributed by atoms with E-state index in [-0.39, 0.29) is 38.1 Å². The largest absolute Gasteiger partial charge is 0.450 e. The van der Waals surface area contributed by atoms with Crippen molar-refractivity contribution in [1.82, 2.24) is 40.4 Å². The Balaban J connectivity index is 1.87. The third-order valence-electron chi connectivity index (χ3n) is 14.1. The number of nitrogens with zero attached hydrogens (tertiary/aromatic N) is 5. The van der Waals surface area contributed by atoms with Crippen molar-refractivity contribution >= 4 is 75.8 Å². The van der Waals surface area contributed by atoms with Crippen LogP contribution in [0.1, 0.15) is 98.6 Å². The molecule has 0 bridgehead atoms. The zero-order valence-electron chi connectivity index (χ0n) is 45.2. The van der Waals surface area contributed by atoms with Gasteiger partial charge in [0.05, 0.1) is 18.7 Å². The van der Waals surface area contributed by atoms with Crippen LogP contribution >= 0.6 is 22.6 Å². The van der Waals surface area contributed by atoms with E-state index in [4.69, 9.17) is 4.74 Å². The molecule has 74 heavy (non-hydrogen) atoms. The van der Waals surface area contributed by atoms with Gasteiger partial charge in [-0.3, -0.25) is 38.4 Å². The second-order valence-corrected chi connectivity index (χ2v) is 22.3. The van der Waals surface area contributed by atoms with E-state index < -0.39 is 126 Å². The van der Waals surface area contributed by atoms with Gasteiger partial charge in [0, 0.05) is 57.1 Å². The predicted octanol–water partition coefficient (Wildman–Crippen LogP) is 2.93. The van der Waals surface area contributed by atoms with E-state index in [0.717, 1.165) is 23.8 Å². The van der Waals surface area contributed by atoms with Gasteiger partial charge in [0.15, 0.2) is 12.1 Å². The fourth-order valence-electron chi connectivity index (χ4n) is 9.47. The summed E-state index contributed by atoms with van der Waals surface area (Å²) in [6.07, 6.45) is 0.190. The van der Waals surface area contributed by atoms with Crippen molar-refractivity contribution in [2.75, 3.05) is 47.8 Å². The van der Waals surface area contributed by atoms with E-state index in [2.05, 4.69) is 38.5 Å². The number of aliphatic hydroxyl groups is 1. The van der Waals surface area contributed by atoms with Gasteiger partial charge in [-0.05, 0) is 97.2 Å². The standard InChI is InChI=1S/C54H79IN8O11/c1-13-33(5)44-51(70)59(9)30-42(64)56-38(26-32(3)4)49(68)62(12)46(54(7,8)73)53(72)74-45(34(6)14-2)52(71)60(10)31-43(65)57-39(28-35-20-16-15-17-21-35)48(67)61(11)41(29-36-22-18-23-37(55)27-36)50(69)63-25-19-24-40(63)47(66)58-44/h15-18,20-23,27,32-34,38-41,44-46,73H,13-14,19,24-26,28-31H2,1-12H3,(H,56,64)(H,57,65)(H,58,66)/t33?,34-,38?,39?,40+,41+,44+,45?,46-/m1/s1. The molecule has 2 aromatic carbocycles. The fraction of sp³-hybridized carbons (Fsp3) is 0.611. The number of cyclic esters (lactones) is 1. The number of amides is 8. The van der Waals surface area contributed by atoms with E-state index in [1.165, 1.54) is 51.8 Å². The molecule has 19 nitrogen and oxygen atoms in total. The lowest BCUT2D eigenvalue weighted by molar-refractivity contribution is -0.176. The zero-order chi connectivity index (χ0) is 55.4. The number of hydrogen-bond donors (Lipinski definition) is 4. The Bertz CT molecular complexity index is 2330. The maximum atomic E-state index is 15.1. The minimum Gasteiger partial charge on any atom is -0.450 e. The van der Waals surface area contributed by atoms with Gasteiger partial charge in [0.2, 0.25) is 41.4 Å². The van der Waals surface area contributed by atoms with Gasteiger partial charge >= 0.3 is 5.97 Å². The molecule has 2 aliphatic rings. The highest BCUT2D eigenvalue weighted by Gasteiger charge is 2.46. The first-order chi connectivity index (χ1) is 34.7. The number of halogens is 1. The molecule has 8 amide bonds. The molecule has 0 aromatic heterocycles. The highest BCUT2D eigenvalue weighted by atomic mass is 127. The molecule has 4 unspecified atom stereocenters. The average molecular weight is 1140 g/mol. The molecule has 2 fully saturated rings. The SMILES string of the molecule is CCC(C)[C@@H]1NC(=O)[C@@H]2CCCN2C(=O)[C@H](Cc2cccc(I)c2)N(C)C(=O)C(Cc2ccccc2)NC(=O)CN(C)C(=O)C([C@H](C)CC)OC(=O)[C@H](C(C)(C)O)N(C)C(=O)C(CC(C)C)NC(=O)CN(C)C1=O. The van der Waals surface area contributed by atoms with Crippen LogP contribution in [-0.4, -0.2) is 179 Å². The molecule has 0 aliphatic carbocycles. The average Bonchev–Trinajstić information content (AvgIpc) is 3.84. The summed E-state index contributed by atoms with van der Waals surface area (Å²) in [6, 6.07) is 8.92. The molecule has 0 radical (unpaired) electrons. The molecule has 408 valence electrons. The number of fused-ring (bicyclic) bond motifs is 1.